The van der Waals surface area contributed by atoms with Crippen LogP contribution in [-0.4, -0.2) is 6.15 Å². The Bertz CT molecular complexity index is 1600. The summed E-state index contributed by atoms with van der Waals surface area (Å²) < 4.78 is 0. The Kier molecular flexibility index (Phi) is 9.50. The molecular formula is C43H38BP. The van der Waals surface area contributed by atoms with E-state index in [1.807, 2.05) is 0 Å². The lowest BCUT2D eigenvalue weighted by atomic mass is 9.17. The zero-order chi connectivity index (χ0) is 30.8. The summed E-state index contributed by atoms with van der Waals surface area (Å²) in [6.45, 7) is 2.36. The smallest absolute Gasteiger partial charge is 0.144 e. The van der Waals surface area contributed by atoms with Gasteiger partial charge in [0.1, 0.15) is 28.5 Å². The van der Waals surface area contributed by atoms with E-state index >= 15 is 0 Å². The molecule has 0 N–H and O–H groups in total. The van der Waals surface area contributed by atoms with Gasteiger partial charge in [0.05, 0.1) is 6.15 Å². The highest BCUT2D eigenvalue weighted by atomic mass is 31.2. The first-order valence-corrected chi connectivity index (χ1v) is 17.5. The van der Waals surface area contributed by atoms with Crippen molar-refractivity contribution in [2.75, 3.05) is 0 Å². The second kappa shape index (κ2) is 14.2. The largest absolute Gasteiger partial charge is 0.200 e. The monoisotopic (exact) mass is 596 g/mol. The van der Waals surface area contributed by atoms with Crippen LogP contribution >= 0.6 is 7.26 Å². The molecule has 0 saturated heterocycles. The second-order valence-electron chi connectivity index (χ2n) is 11.5. The molecule has 218 valence electrons. The van der Waals surface area contributed by atoms with Gasteiger partial charge in [0.25, 0.3) is 0 Å². The molecule has 2 heteroatoms. The summed E-state index contributed by atoms with van der Waals surface area (Å²) in [5.74, 6) is 0. The van der Waals surface area contributed by atoms with Crippen LogP contribution in [0.4, 0.5) is 0 Å². The van der Waals surface area contributed by atoms with Gasteiger partial charge >= 0.3 is 0 Å². The zero-order valence-electron chi connectivity index (χ0n) is 25.7. The van der Waals surface area contributed by atoms with E-state index in [1.165, 1.54) is 37.6 Å². The minimum Gasteiger partial charge on any atom is -0.200 e. The molecule has 0 aliphatic carbocycles. The number of hydrogen-bond acceptors (Lipinski definition) is 0. The SMILES string of the molecule is C[B-](c1ccccc1)(c1ccccc1)c1ccccc1.c1ccc([P+](c2ccccc2)(c2ccccc2)c2ccccc2)cc1. The second-order valence-corrected chi connectivity index (χ2v) is 15.0. The van der Waals surface area contributed by atoms with Crippen LogP contribution in [-0.2, 0) is 0 Å². The molecule has 0 saturated carbocycles. The summed E-state index contributed by atoms with van der Waals surface area (Å²) in [4.78, 5) is 0. The van der Waals surface area contributed by atoms with Gasteiger partial charge in [0, 0.05) is 0 Å². The summed E-state index contributed by atoms with van der Waals surface area (Å²) in [6.07, 6.45) is -0.912. The molecule has 7 aromatic rings. The van der Waals surface area contributed by atoms with Crippen molar-refractivity contribution in [3.63, 3.8) is 0 Å². The van der Waals surface area contributed by atoms with Crippen LogP contribution in [0.5, 0.6) is 0 Å². The average Bonchev–Trinajstić information content (AvgIpc) is 3.15. The normalized spacial score (nSPS) is 11.2. The summed E-state index contributed by atoms with van der Waals surface area (Å²) in [7, 11) is -1.91. The van der Waals surface area contributed by atoms with Crippen LogP contribution in [0.2, 0.25) is 6.82 Å². The van der Waals surface area contributed by atoms with Gasteiger partial charge in [-0.15, -0.1) is 0 Å². The molecule has 0 unspecified atom stereocenters. The zero-order valence-corrected chi connectivity index (χ0v) is 26.6. The van der Waals surface area contributed by atoms with Crippen LogP contribution in [0.25, 0.3) is 0 Å². The molecule has 0 heterocycles. The van der Waals surface area contributed by atoms with E-state index in [0.29, 0.717) is 0 Å². The first kappa shape index (κ1) is 30.1. The quantitative estimate of drug-likeness (QED) is 0.136. The van der Waals surface area contributed by atoms with E-state index in [4.69, 9.17) is 0 Å². The summed E-state index contributed by atoms with van der Waals surface area (Å²) in [5.41, 5.74) is 4.14. The van der Waals surface area contributed by atoms with Gasteiger partial charge in [0.15, 0.2) is 0 Å². The maximum Gasteiger partial charge on any atom is 0.144 e. The third-order valence-electron chi connectivity index (χ3n) is 8.97. The summed E-state index contributed by atoms with van der Waals surface area (Å²) >= 11 is 0. The molecule has 0 aromatic heterocycles. The van der Waals surface area contributed by atoms with E-state index in [0.717, 1.165) is 0 Å². The molecule has 0 bridgehead atoms. The predicted octanol–water partition coefficient (Wildman–Crippen LogP) is 7.09. The van der Waals surface area contributed by atoms with Crippen molar-refractivity contribution in [2.45, 2.75) is 6.82 Å². The molecule has 0 atom stereocenters. The molecule has 0 nitrogen and oxygen atoms in total. The maximum absolute atomic E-state index is 2.36. The highest BCUT2D eigenvalue weighted by Gasteiger charge is 2.47. The lowest BCUT2D eigenvalue weighted by molar-refractivity contribution is 1.66. The standard InChI is InChI=1S/C24H20P.C19H18B/c1-5-13-21(14-6-1)25(22-15-7-2-8-16-22,23-17-9-3-10-18-23)24-19-11-4-12-20-24;1-20(17-11-5-2-6-12-17,18-13-7-3-8-14-18)19-15-9-4-10-16-19/h1-20H;2-16H,1H3/q+1;-1. The molecule has 0 aliphatic rings. The van der Waals surface area contributed by atoms with Crippen LogP contribution < -0.4 is 37.6 Å². The molecule has 0 radical (unpaired) electrons. The molecule has 0 aliphatic heterocycles. The van der Waals surface area contributed by atoms with E-state index in [2.05, 4.69) is 219 Å². The summed E-state index contributed by atoms with van der Waals surface area (Å²) in [6, 6.07) is 76.2. The fourth-order valence-corrected chi connectivity index (χ4v) is 10.9. The van der Waals surface area contributed by atoms with E-state index in [9.17, 15) is 0 Å². The number of hydrogen-bond donors (Lipinski definition) is 0. The van der Waals surface area contributed by atoms with Gasteiger partial charge in [-0.2, -0.15) is 6.82 Å². The molecule has 0 amide bonds. The average molecular weight is 597 g/mol. The van der Waals surface area contributed by atoms with Crippen LogP contribution in [0.1, 0.15) is 0 Å². The van der Waals surface area contributed by atoms with Crippen molar-refractivity contribution < 1.29 is 0 Å². The summed E-state index contributed by atoms with van der Waals surface area (Å²) in [5, 5.41) is 5.55. The Morgan fingerprint density at radius 1 is 0.267 bits per heavy atom. The Labute approximate surface area is 269 Å². The Morgan fingerprint density at radius 3 is 0.644 bits per heavy atom. The van der Waals surface area contributed by atoms with Crippen molar-refractivity contribution in [3.05, 3.63) is 212 Å². The topological polar surface area (TPSA) is 0 Å². The van der Waals surface area contributed by atoms with Crippen LogP contribution in [0, 0.1) is 0 Å². The van der Waals surface area contributed by atoms with Gasteiger partial charge in [0.2, 0.25) is 0 Å². The molecule has 7 aromatic carbocycles. The van der Waals surface area contributed by atoms with E-state index in [-0.39, 0.29) is 0 Å². The highest BCUT2D eigenvalue weighted by molar-refractivity contribution is 8.01. The van der Waals surface area contributed by atoms with Crippen molar-refractivity contribution in [2.24, 2.45) is 0 Å². The van der Waals surface area contributed by atoms with Gasteiger partial charge in [-0.1, -0.05) is 164 Å². The number of benzene rings is 7. The van der Waals surface area contributed by atoms with Crippen molar-refractivity contribution >= 4 is 51.0 Å². The third-order valence-corrected chi connectivity index (χ3v) is 13.3. The Balaban J connectivity index is 0.000000163. The minimum atomic E-state index is -1.91. The fraction of sp³-hybridized carbons (Fsp3) is 0.0233. The minimum absolute atomic E-state index is 0.912. The number of rotatable bonds is 7. The van der Waals surface area contributed by atoms with Gasteiger partial charge in [-0.05, 0) is 48.5 Å². The van der Waals surface area contributed by atoms with Crippen molar-refractivity contribution in [3.8, 4) is 0 Å². The van der Waals surface area contributed by atoms with Gasteiger partial charge in [-0.3, -0.25) is 0 Å². The van der Waals surface area contributed by atoms with Crippen molar-refractivity contribution in [1.29, 1.82) is 0 Å². The lowest BCUT2D eigenvalue weighted by Crippen LogP contribution is -2.64. The predicted molar refractivity (Wildman–Crippen MR) is 201 cm³/mol. The van der Waals surface area contributed by atoms with Gasteiger partial charge in [-0.25, -0.2) is 16.4 Å². The van der Waals surface area contributed by atoms with E-state index in [1.54, 1.807) is 0 Å². The fourth-order valence-electron chi connectivity index (χ4n) is 6.59. The first-order chi connectivity index (χ1) is 22.2. The maximum atomic E-state index is 2.36. The highest BCUT2D eigenvalue weighted by Crippen LogP contribution is 2.53. The van der Waals surface area contributed by atoms with Crippen molar-refractivity contribution in [1.82, 2.24) is 0 Å². The molecule has 45 heavy (non-hydrogen) atoms. The van der Waals surface area contributed by atoms with Crippen LogP contribution in [0.3, 0.4) is 0 Å². The third kappa shape index (κ3) is 6.19. The molecule has 0 spiro atoms. The first-order valence-electron chi connectivity index (χ1n) is 15.7. The molecule has 7 rings (SSSR count). The Hall–Kier alpha value is -4.97. The molecule has 0 fully saturated rings. The van der Waals surface area contributed by atoms with Crippen LogP contribution in [0.15, 0.2) is 212 Å². The molecular weight excluding hydrogens is 558 g/mol. The van der Waals surface area contributed by atoms with Gasteiger partial charge < -0.3 is 0 Å². The lowest BCUT2D eigenvalue weighted by Gasteiger charge is -2.39. The van der Waals surface area contributed by atoms with E-state index < -0.39 is 13.4 Å². The Morgan fingerprint density at radius 2 is 0.444 bits per heavy atom.